The van der Waals surface area contributed by atoms with E-state index in [4.69, 9.17) is 18.9 Å². The lowest BCUT2D eigenvalue weighted by Crippen LogP contribution is -2.59. The molecule has 0 bridgehead atoms. The Hall–Kier alpha value is -3.58. The van der Waals surface area contributed by atoms with E-state index in [2.05, 4.69) is 80.9 Å². The predicted molar refractivity (Wildman–Crippen MR) is 199 cm³/mol. The molecule has 0 aromatic carbocycles. The first-order chi connectivity index (χ1) is 23.8. The van der Waals surface area contributed by atoms with Crippen molar-refractivity contribution in [2.45, 2.75) is 125 Å². The van der Waals surface area contributed by atoms with Crippen molar-refractivity contribution < 1.29 is 23.7 Å². The summed E-state index contributed by atoms with van der Waals surface area (Å²) in [7, 11) is 1.78. The van der Waals surface area contributed by atoms with Gasteiger partial charge < -0.3 is 24.3 Å². The van der Waals surface area contributed by atoms with E-state index in [-0.39, 0.29) is 18.7 Å². The van der Waals surface area contributed by atoms with Crippen LogP contribution in [-0.4, -0.2) is 98.9 Å². The fourth-order valence-corrected chi connectivity index (χ4v) is 6.53. The third-order valence-electron chi connectivity index (χ3n) is 9.99. The number of carbonyl (C=O) groups is 1. The van der Waals surface area contributed by atoms with Crippen molar-refractivity contribution in [3.63, 3.8) is 0 Å². The normalized spacial score (nSPS) is 21.1. The van der Waals surface area contributed by atoms with Gasteiger partial charge in [0.15, 0.2) is 0 Å². The van der Waals surface area contributed by atoms with Gasteiger partial charge in [0.2, 0.25) is 23.5 Å². The molecular weight excluding hydrogens is 648 g/mol. The van der Waals surface area contributed by atoms with Gasteiger partial charge in [0.25, 0.3) is 0 Å². The molecule has 51 heavy (non-hydrogen) atoms. The average molecular weight is 713 g/mol. The van der Waals surface area contributed by atoms with Gasteiger partial charge in [0.05, 0.1) is 63.6 Å². The van der Waals surface area contributed by atoms with Gasteiger partial charge in [0.1, 0.15) is 6.61 Å². The van der Waals surface area contributed by atoms with Crippen molar-refractivity contribution in [1.29, 1.82) is 0 Å². The van der Waals surface area contributed by atoms with Crippen LogP contribution in [0.2, 0.25) is 0 Å². The highest BCUT2D eigenvalue weighted by atomic mass is 16.5. The lowest BCUT2D eigenvalue weighted by atomic mass is 9.89. The summed E-state index contributed by atoms with van der Waals surface area (Å²) in [5, 5.41) is 16.0. The van der Waals surface area contributed by atoms with Crippen molar-refractivity contribution in [1.82, 2.24) is 39.6 Å². The van der Waals surface area contributed by atoms with Crippen LogP contribution in [0.25, 0.3) is 0 Å². The van der Waals surface area contributed by atoms with Gasteiger partial charge in [-0.05, 0) is 23.7 Å². The van der Waals surface area contributed by atoms with Crippen LogP contribution in [0.5, 0.6) is 17.6 Å². The molecule has 4 aliphatic rings. The number of likely N-dealkylation sites (tertiary alicyclic amines) is 1. The van der Waals surface area contributed by atoms with Gasteiger partial charge in [0, 0.05) is 62.2 Å². The Kier molecular flexibility index (Phi) is 13.6. The lowest BCUT2D eigenvalue weighted by molar-refractivity contribution is -0.119. The third-order valence-corrected chi connectivity index (χ3v) is 9.99. The molecule has 1 fully saturated rings. The average Bonchev–Trinajstić information content (AvgIpc) is 3.80. The van der Waals surface area contributed by atoms with Crippen LogP contribution in [0.3, 0.4) is 0 Å². The first-order valence-corrected chi connectivity index (χ1v) is 18.4. The Balaban J connectivity index is 0.000000172. The number of fused-ring (bicyclic) bond motifs is 3. The minimum Gasteiger partial charge on any atom is -0.477 e. The minimum absolute atomic E-state index is 0. The smallest absolute Gasteiger partial charge is 0.216 e. The Morgan fingerprint density at radius 2 is 1.33 bits per heavy atom. The van der Waals surface area contributed by atoms with Crippen LogP contribution < -0.4 is 19.5 Å². The summed E-state index contributed by atoms with van der Waals surface area (Å²) in [5.41, 5.74) is 3.67. The van der Waals surface area contributed by atoms with E-state index in [1.54, 1.807) is 7.11 Å². The first kappa shape index (κ1) is 40.2. The number of methoxy groups -OCH3 is 1. The van der Waals surface area contributed by atoms with E-state index < -0.39 is 0 Å². The predicted octanol–water partition coefficient (Wildman–Crippen LogP) is 5.48. The van der Waals surface area contributed by atoms with Crippen LogP contribution in [0.1, 0.15) is 105 Å². The SMILES string of the molecule is C.CC(=O)NC[C@H]1COc2c(C(C)C)cnn2C1.CC[C@H]1COc2c(C(C)C)cnn2C1.COC1CN([C@H]2COc3c(C(C)(C)C)cnn3C2)C1. The van der Waals surface area contributed by atoms with Crippen molar-refractivity contribution in [2.24, 2.45) is 11.8 Å². The molecular formula is C38H64N8O5. The largest absolute Gasteiger partial charge is 0.477 e. The molecule has 7 rings (SSSR count). The minimum atomic E-state index is -0.000804. The van der Waals surface area contributed by atoms with E-state index in [0.717, 1.165) is 75.6 Å². The summed E-state index contributed by atoms with van der Waals surface area (Å²) in [6, 6.07) is 0.423. The summed E-state index contributed by atoms with van der Waals surface area (Å²) in [6.45, 7) is 26.6. The van der Waals surface area contributed by atoms with E-state index in [0.29, 0.717) is 49.0 Å². The number of aromatic nitrogens is 6. The van der Waals surface area contributed by atoms with Gasteiger partial charge in [-0.3, -0.25) is 9.69 Å². The summed E-state index contributed by atoms with van der Waals surface area (Å²) >= 11 is 0. The number of amides is 1. The van der Waals surface area contributed by atoms with Gasteiger partial charge in [-0.2, -0.15) is 15.3 Å². The topological polar surface area (TPSA) is 123 Å². The van der Waals surface area contributed by atoms with Gasteiger partial charge in [-0.15, -0.1) is 0 Å². The molecule has 1 amide bonds. The number of ether oxygens (including phenoxy) is 4. The molecule has 4 aliphatic heterocycles. The fraction of sp³-hybridized carbons (Fsp3) is 0.737. The maximum absolute atomic E-state index is 10.9. The molecule has 1 N–H and O–H groups in total. The molecule has 3 aromatic rings. The van der Waals surface area contributed by atoms with E-state index >= 15 is 0 Å². The molecule has 286 valence electrons. The second-order valence-electron chi connectivity index (χ2n) is 15.8. The molecule has 0 radical (unpaired) electrons. The van der Waals surface area contributed by atoms with Crippen molar-refractivity contribution in [3.05, 3.63) is 35.3 Å². The maximum Gasteiger partial charge on any atom is 0.216 e. The number of carbonyl (C=O) groups excluding carboxylic acids is 1. The lowest BCUT2D eigenvalue weighted by Gasteiger charge is -2.44. The molecule has 0 saturated carbocycles. The Labute approximate surface area is 305 Å². The molecule has 7 heterocycles. The van der Waals surface area contributed by atoms with E-state index in [9.17, 15) is 4.79 Å². The quantitative estimate of drug-likeness (QED) is 0.339. The molecule has 0 aliphatic carbocycles. The number of hydrogen-bond donors (Lipinski definition) is 1. The third kappa shape index (κ3) is 9.65. The van der Waals surface area contributed by atoms with Gasteiger partial charge in [-0.1, -0.05) is 62.8 Å². The van der Waals surface area contributed by atoms with Crippen LogP contribution in [0.15, 0.2) is 18.6 Å². The van der Waals surface area contributed by atoms with Crippen molar-refractivity contribution >= 4 is 5.91 Å². The van der Waals surface area contributed by atoms with E-state index in [1.807, 2.05) is 32.6 Å². The molecule has 13 heteroatoms. The fourth-order valence-electron chi connectivity index (χ4n) is 6.53. The number of nitrogens with zero attached hydrogens (tertiary/aromatic N) is 7. The summed E-state index contributed by atoms with van der Waals surface area (Å²) in [4.78, 5) is 13.3. The number of rotatable bonds is 7. The summed E-state index contributed by atoms with van der Waals surface area (Å²) in [5.74, 6) is 4.67. The molecule has 0 unspecified atom stereocenters. The van der Waals surface area contributed by atoms with Crippen molar-refractivity contribution in [2.75, 3.05) is 46.6 Å². The molecule has 3 atom stereocenters. The van der Waals surface area contributed by atoms with Gasteiger partial charge in [-0.25, -0.2) is 14.0 Å². The zero-order valence-electron chi connectivity index (χ0n) is 31.9. The molecule has 0 spiro atoms. The monoisotopic (exact) mass is 712 g/mol. The molecule has 3 aromatic heterocycles. The Bertz CT molecular complexity index is 1550. The second kappa shape index (κ2) is 17.3. The van der Waals surface area contributed by atoms with Crippen LogP contribution in [-0.2, 0) is 34.6 Å². The van der Waals surface area contributed by atoms with Crippen LogP contribution >= 0.6 is 0 Å². The maximum atomic E-state index is 10.9. The first-order valence-electron chi connectivity index (χ1n) is 18.4. The summed E-state index contributed by atoms with van der Waals surface area (Å²) in [6.07, 6.45) is 7.32. The van der Waals surface area contributed by atoms with E-state index in [1.165, 1.54) is 18.1 Å². The van der Waals surface area contributed by atoms with Crippen LogP contribution in [0.4, 0.5) is 0 Å². The molecule has 13 nitrogen and oxygen atoms in total. The highest BCUT2D eigenvalue weighted by Gasteiger charge is 2.37. The number of nitrogens with one attached hydrogen (secondary N) is 1. The standard InChI is InChI=1S/C14H23N3O2.C12H19N3O2.C11H18N2O.CH4/c1-14(2,3)12-5-15-17-6-10(9-19-13(12)17)16-7-11(8-16)18-4;1-8(2)11-5-14-15-6-10(4-13-9(3)16)7-17-12(11)15;1-4-9-6-13-11(14-7-9)10(5-12-13)8(2)3;/h5,10-11H,6-9H2,1-4H3;5,8,10H,4,6-7H2,1-3H3,(H,13,16);5,8-9H,4,6-7H2,1-3H3;1H4/t2*10-;9-;/m111./s1. The zero-order valence-corrected chi connectivity index (χ0v) is 31.9. The van der Waals surface area contributed by atoms with Gasteiger partial charge >= 0.3 is 0 Å². The zero-order chi connectivity index (χ0) is 36.2. The van der Waals surface area contributed by atoms with Crippen molar-refractivity contribution in [3.8, 4) is 17.6 Å². The Morgan fingerprint density at radius 3 is 1.84 bits per heavy atom. The highest BCUT2D eigenvalue weighted by molar-refractivity contribution is 5.72. The Morgan fingerprint density at radius 1 is 0.824 bits per heavy atom. The summed E-state index contributed by atoms with van der Waals surface area (Å²) < 4.78 is 28.7. The van der Waals surface area contributed by atoms with Crippen LogP contribution in [0, 0.1) is 11.8 Å². The molecule has 1 saturated heterocycles. The second-order valence-corrected chi connectivity index (χ2v) is 15.8. The number of hydrogen-bond acceptors (Lipinski definition) is 9. The highest BCUT2D eigenvalue weighted by Crippen LogP contribution is 2.34.